The molecule has 2 N–H and O–H groups in total. The number of nitrogens with one attached hydrogen (secondary N) is 2. The first-order valence-corrected chi connectivity index (χ1v) is 11.0. The number of nitrogens with zero attached hydrogens (tertiary/aromatic N) is 2. The van der Waals surface area contributed by atoms with Crippen LogP contribution in [0.25, 0.3) is 0 Å². The molecule has 12 heteroatoms. The van der Waals surface area contributed by atoms with Crippen molar-refractivity contribution in [3.63, 3.8) is 0 Å². The predicted octanol–water partition coefficient (Wildman–Crippen LogP) is 2.40. The third-order valence-electron chi connectivity index (χ3n) is 4.13. The summed E-state index contributed by atoms with van der Waals surface area (Å²) in [5, 5.41) is 6.20. The van der Waals surface area contributed by atoms with E-state index in [2.05, 4.69) is 15.6 Å². The zero-order valence-corrected chi connectivity index (χ0v) is 16.8. The van der Waals surface area contributed by atoms with Crippen molar-refractivity contribution in [3.05, 3.63) is 30.1 Å². The summed E-state index contributed by atoms with van der Waals surface area (Å²) in [4.78, 5) is 5.00. The van der Waals surface area contributed by atoms with Gasteiger partial charge in [0.25, 0.3) is 0 Å². The first-order chi connectivity index (χ1) is 13.1. The summed E-state index contributed by atoms with van der Waals surface area (Å²) in [5.41, 5.74) is -5.27. The first kappa shape index (κ1) is 22.8. The fraction of sp³-hybridized carbons (Fsp3) is 0.562. The standard InChI is InChI=1S/C16H22F4N4O2S2/c1-21-15(22-8-11-27-14-4-2-12(17)3-5-14)23-13-6-9-24(10-7-13)28(25,26)16(18,19)20/h2-5,13H,6-11H2,1H3,(H2,21,22,23). The fourth-order valence-electron chi connectivity index (χ4n) is 2.64. The molecular weight excluding hydrogens is 420 g/mol. The molecule has 1 aliphatic heterocycles. The maximum absolute atomic E-state index is 12.9. The third kappa shape index (κ3) is 6.24. The molecule has 28 heavy (non-hydrogen) atoms. The van der Waals surface area contributed by atoms with E-state index in [1.807, 2.05) is 0 Å². The van der Waals surface area contributed by atoms with Gasteiger partial charge in [-0.1, -0.05) is 0 Å². The van der Waals surface area contributed by atoms with E-state index in [0.717, 1.165) is 4.90 Å². The lowest BCUT2D eigenvalue weighted by molar-refractivity contribution is -0.0494. The third-order valence-corrected chi connectivity index (χ3v) is 6.77. The highest BCUT2D eigenvalue weighted by molar-refractivity contribution is 7.99. The van der Waals surface area contributed by atoms with Crippen LogP contribution in [-0.4, -0.2) is 62.7 Å². The van der Waals surface area contributed by atoms with Crippen LogP contribution in [0.5, 0.6) is 0 Å². The van der Waals surface area contributed by atoms with E-state index in [0.29, 0.717) is 22.6 Å². The van der Waals surface area contributed by atoms with E-state index in [1.54, 1.807) is 30.9 Å². The zero-order chi connectivity index (χ0) is 20.8. The monoisotopic (exact) mass is 442 g/mol. The first-order valence-electron chi connectivity index (χ1n) is 8.55. The topological polar surface area (TPSA) is 73.8 Å². The molecule has 1 aromatic carbocycles. The summed E-state index contributed by atoms with van der Waals surface area (Å²) in [5.74, 6) is 0.909. The van der Waals surface area contributed by atoms with Gasteiger partial charge in [0.05, 0.1) is 0 Å². The van der Waals surface area contributed by atoms with Crippen molar-refractivity contribution in [2.45, 2.75) is 29.3 Å². The minimum absolute atomic E-state index is 0.171. The maximum atomic E-state index is 12.9. The van der Waals surface area contributed by atoms with Crippen LogP contribution in [0, 0.1) is 5.82 Å². The van der Waals surface area contributed by atoms with Crippen molar-refractivity contribution >= 4 is 27.7 Å². The Kier molecular flexibility index (Phi) is 7.96. The van der Waals surface area contributed by atoms with Gasteiger partial charge in [0, 0.05) is 43.4 Å². The number of guanidine groups is 1. The molecule has 0 unspecified atom stereocenters. The lowest BCUT2D eigenvalue weighted by Crippen LogP contribution is -2.51. The minimum atomic E-state index is -5.27. The SMILES string of the molecule is CN=C(NCCSc1ccc(F)cc1)NC1CCN(S(=O)(=O)C(F)(F)F)CC1. The number of piperidine rings is 1. The molecule has 2 rings (SSSR count). The van der Waals surface area contributed by atoms with Gasteiger partial charge in [0.2, 0.25) is 0 Å². The number of hydrogen-bond acceptors (Lipinski definition) is 4. The van der Waals surface area contributed by atoms with E-state index in [9.17, 15) is 26.0 Å². The van der Waals surface area contributed by atoms with Crippen molar-refractivity contribution in [2.24, 2.45) is 4.99 Å². The molecule has 0 atom stereocenters. The molecule has 1 aromatic rings. The number of hydrogen-bond donors (Lipinski definition) is 2. The predicted molar refractivity (Wildman–Crippen MR) is 101 cm³/mol. The van der Waals surface area contributed by atoms with Gasteiger partial charge in [-0.25, -0.2) is 12.8 Å². The molecule has 1 fully saturated rings. The molecule has 1 aliphatic rings. The van der Waals surface area contributed by atoms with Gasteiger partial charge in [0.15, 0.2) is 5.96 Å². The molecule has 158 valence electrons. The van der Waals surface area contributed by atoms with Crippen LogP contribution < -0.4 is 10.6 Å². The van der Waals surface area contributed by atoms with Crippen LogP contribution in [-0.2, 0) is 10.0 Å². The van der Waals surface area contributed by atoms with Crippen molar-refractivity contribution in [1.29, 1.82) is 0 Å². The van der Waals surface area contributed by atoms with Crippen molar-refractivity contribution in [2.75, 3.05) is 32.4 Å². The van der Waals surface area contributed by atoms with Crippen molar-refractivity contribution in [1.82, 2.24) is 14.9 Å². The van der Waals surface area contributed by atoms with E-state index in [-0.39, 0.29) is 37.8 Å². The quantitative estimate of drug-likeness (QED) is 0.233. The average molecular weight is 443 g/mol. The zero-order valence-electron chi connectivity index (χ0n) is 15.2. The molecule has 0 radical (unpaired) electrons. The number of thioether (sulfide) groups is 1. The van der Waals surface area contributed by atoms with E-state index in [4.69, 9.17) is 0 Å². The Hall–Kier alpha value is -1.53. The smallest absolute Gasteiger partial charge is 0.356 e. The summed E-state index contributed by atoms with van der Waals surface area (Å²) in [6, 6.07) is 5.99. The van der Waals surface area contributed by atoms with Crippen LogP contribution in [0.15, 0.2) is 34.2 Å². The van der Waals surface area contributed by atoms with Crippen LogP contribution >= 0.6 is 11.8 Å². The van der Waals surface area contributed by atoms with Crippen LogP contribution in [0.2, 0.25) is 0 Å². The number of alkyl halides is 3. The second-order valence-corrected chi connectivity index (χ2v) is 9.17. The molecule has 0 aromatic heterocycles. The van der Waals surface area contributed by atoms with Crippen molar-refractivity contribution in [3.8, 4) is 0 Å². The average Bonchev–Trinajstić information content (AvgIpc) is 2.65. The maximum Gasteiger partial charge on any atom is 0.511 e. The Morgan fingerprint density at radius 2 is 1.86 bits per heavy atom. The Morgan fingerprint density at radius 3 is 2.39 bits per heavy atom. The lowest BCUT2D eigenvalue weighted by Gasteiger charge is -2.32. The van der Waals surface area contributed by atoms with Gasteiger partial charge in [0.1, 0.15) is 5.82 Å². The van der Waals surface area contributed by atoms with Crippen molar-refractivity contribution < 1.29 is 26.0 Å². The molecule has 0 spiro atoms. The van der Waals surface area contributed by atoms with Gasteiger partial charge in [-0.15, -0.1) is 11.8 Å². The molecule has 0 saturated carbocycles. The van der Waals surface area contributed by atoms with Crippen LogP contribution in [0.1, 0.15) is 12.8 Å². The highest BCUT2D eigenvalue weighted by atomic mass is 32.2. The second kappa shape index (κ2) is 9.79. The summed E-state index contributed by atoms with van der Waals surface area (Å²) in [7, 11) is -3.70. The molecule has 1 heterocycles. The number of aliphatic imine (C=N–C) groups is 1. The molecule has 1 saturated heterocycles. The Balaban J connectivity index is 1.73. The van der Waals surface area contributed by atoms with E-state index < -0.39 is 15.5 Å². The Labute approximate surface area is 165 Å². The van der Waals surface area contributed by atoms with Gasteiger partial charge >= 0.3 is 15.5 Å². The molecule has 0 bridgehead atoms. The summed E-state index contributed by atoms with van der Waals surface area (Å²) in [6.45, 7) is 0.177. The molecule has 0 amide bonds. The van der Waals surface area contributed by atoms with Gasteiger partial charge in [-0.05, 0) is 37.1 Å². The Bertz CT molecular complexity index is 762. The van der Waals surface area contributed by atoms with Gasteiger partial charge in [-0.2, -0.15) is 17.5 Å². The number of benzene rings is 1. The molecule has 0 aliphatic carbocycles. The summed E-state index contributed by atoms with van der Waals surface area (Å²) < 4.78 is 74.0. The number of sulfonamides is 1. The minimum Gasteiger partial charge on any atom is -0.356 e. The van der Waals surface area contributed by atoms with Gasteiger partial charge in [-0.3, -0.25) is 4.99 Å². The van der Waals surface area contributed by atoms with Gasteiger partial charge < -0.3 is 10.6 Å². The highest BCUT2D eigenvalue weighted by Crippen LogP contribution is 2.28. The lowest BCUT2D eigenvalue weighted by atomic mass is 10.1. The second-order valence-electron chi connectivity index (χ2n) is 6.07. The fourth-order valence-corrected chi connectivity index (χ4v) is 4.40. The largest absolute Gasteiger partial charge is 0.511 e. The highest BCUT2D eigenvalue weighted by Gasteiger charge is 2.50. The number of halogens is 4. The molecule has 6 nitrogen and oxygen atoms in total. The summed E-state index contributed by atoms with van der Waals surface area (Å²) in [6.07, 6.45) is 0.501. The van der Waals surface area contributed by atoms with Crippen LogP contribution in [0.3, 0.4) is 0 Å². The van der Waals surface area contributed by atoms with E-state index in [1.165, 1.54) is 12.1 Å². The van der Waals surface area contributed by atoms with Crippen LogP contribution in [0.4, 0.5) is 17.6 Å². The Morgan fingerprint density at radius 1 is 1.25 bits per heavy atom. The normalized spacial score (nSPS) is 17.5. The summed E-state index contributed by atoms with van der Waals surface area (Å²) >= 11 is 1.54. The molecular formula is C16H22F4N4O2S2. The van der Waals surface area contributed by atoms with E-state index >= 15 is 0 Å². The number of rotatable bonds is 6.